The first-order valence-electron chi connectivity index (χ1n) is 5.31. The van der Waals surface area contributed by atoms with Crippen molar-refractivity contribution < 1.29 is 0 Å². The highest BCUT2D eigenvalue weighted by Gasteiger charge is 2.09. The van der Waals surface area contributed by atoms with E-state index in [1.54, 1.807) is 0 Å². The monoisotopic (exact) mass is 228 g/mol. The number of nitrogens with zero attached hydrogens (tertiary/aromatic N) is 2. The lowest BCUT2D eigenvalue weighted by atomic mass is 10.1. The Morgan fingerprint density at radius 1 is 1.00 bits per heavy atom. The Hall–Kier alpha value is -1.48. The molecule has 0 saturated heterocycles. The molecule has 2 aromatic rings. The quantitative estimate of drug-likeness (QED) is 0.715. The standard InChI is InChI=1S/C13H12N2S/c1-8-3-5-10(11-6-4-9(2)16-11)13-12(8)14-7-15-13/h3-6H,7H2,1-2H3. The molecular weight excluding hydrogens is 216 g/mol. The zero-order chi connectivity index (χ0) is 11.1. The average molecular weight is 228 g/mol. The summed E-state index contributed by atoms with van der Waals surface area (Å²) in [6.07, 6.45) is 0. The van der Waals surface area contributed by atoms with Crippen LogP contribution in [0.1, 0.15) is 10.4 Å². The van der Waals surface area contributed by atoms with Gasteiger partial charge in [-0.25, -0.2) is 0 Å². The van der Waals surface area contributed by atoms with E-state index in [1.807, 2.05) is 11.3 Å². The lowest BCUT2D eigenvalue weighted by molar-refractivity contribution is 1.05. The maximum absolute atomic E-state index is 4.49. The Morgan fingerprint density at radius 3 is 2.56 bits per heavy atom. The highest BCUT2D eigenvalue weighted by molar-refractivity contribution is 7.15. The number of hydrogen-bond donors (Lipinski definition) is 0. The molecule has 1 aliphatic heterocycles. The van der Waals surface area contributed by atoms with Crippen LogP contribution in [0, 0.1) is 13.8 Å². The van der Waals surface area contributed by atoms with Crippen LogP contribution in [-0.2, 0) is 0 Å². The molecule has 16 heavy (non-hydrogen) atoms. The molecule has 0 bridgehead atoms. The third kappa shape index (κ3) is 1.39. The van der Waals surface area contributed by atoms with Gasteiger partial charge in [-0.3, -0.25) is 9.98 Å². The second-order valence-electron chi connectivity index (χ2n) is 4.00. The molecule has 1 aliphatic rings. The molecule has 0 N–H and O–H groups in total. The maximum Gasteiger partial charge on any atom is 0.130 e. The first-order chi connectivity index (χ1) is 7.75. The summed E-state index contributed by atoms with van der Waals surface area (Å²) < 4.78 is 0. The number of fused-ring (bicyclic) bond motifs is 1. The molecular formula is C13H12N2S. The van der Waals surface area contributed by atoms with Crippen LogP contribution in [-0.4, -0.2) is 6.67 Å². The van der Waals surface area contributed by atoms with E-state index in [2.05, 4.69) is 48.1 Å². The topological polar surface area (TPSA) is 24.7 Å². The molecule has 0 unspecified atom stereocenters. The van der Waals surface area contributed by atoms with Gasteiger partial charge in [-0.2, -0.15) is 0 Å². The van der Waals surface area contributed by atoms with E-state index in [-0.39, 0.29) is 0 Å². The van der Waals surface area contributed by atoms with Gasteiger partial charge in [0.1, 0.15) is 6.67 Å². The number of thiophene rings is 1. The Bertz CT molecular complexity index is 668. The van der Waals surface area contributed by atoms with Crippen molar-refractivity contribution in [3.63, 3.8) is 0 Å². The lowest BCUT2D eigenvalue weighted by Crippen LogP contribution is -2.26. The van der Waals surface area contributed by atoms with Gasteiger partial charge in [0.05, 0.1) is 10.7 Å². The summed E-state index contributed by atoms with van der Waals surface area (Å²) in [5, 5.41) is 2.14. The van der Waals surface area contributed by atoms with Crippen LogP contribution in [0.4, 0.5) is 0 Å². The van der Waals surface area contributed by atoms with Crippen LogP contribution >= 0.6 is 11.3 Å². The van der Waals surface area contributed by atoms with Gasteiger partial charge < -0.3 is 0 Å². The first kappa shape index (κ1) is 9.73. The van der Waals surface area contributed by atoms with Gasteiger partial charge >= 0.3 is 0 Å². The van der Waals surface area contributed by atoms with E-state index in [0.29, 0.717) is 6.67 Å². The van der Waals surface area contributed by atoms with Crippen LogP contribution < -0.4 is 10.7 Å². The van der Waals surface area contributed by atoms with Gasteiger partial charge in [0.2, 0.25) is 0 Å². The van der Waals surface area contributed by atoms with Crippen LogP contribution in [0.3, 0.4) is 0 Å². The molecule has 0 radical (unpaired) electrons. The van der Waals surface area contributed by atoms with Crippen molar-refractivity contribution in [1.82, 2.24) is 0 Å². The van der Waals surface area contributed by atoms with Crippen LogP contribution in [0.5, 0.6) is 0 Å². The molecule has 2 heterocycles. The van der Waals surface area contributed by atoms with Crippen LogP contribution in [0.25, 0.3) is 10.4 Å². The van der Waals surface area contributed by atoms with E-state index in [1.165, 1.54) is 20.9 Å². The van der Waals surface area contributed by atoms with E-state index < -0.39 is 0 Å². The average Bonchev–Trinajstić information content (AvgIpc) is 2.87. The van der Waals surface area contributed by atoms with Crippen molar-refractivity contribution in [3.8, 4) is 10.4 Å². The number of benzene rings is 1. The molecule has 0 spiro atoms. The van der Waals surface area contributed by atoms with E-state index >= 15 is 0 Å². The molecule has 0 amide bonds. The maximum atomic E-state index is 4.49. The summed E-state index contributed by atoms with van der Waals surface area (Å²) in [5.74, 6) is 0. The molecule has 80 valence electrons. The van der Waals surface area contributed by atoms with Crippen molar-refractivity contribution in [1.29, 1.82) is 0 Å². The van der Waals surface area contributed by atoms with E-state index in [9.17, 15) is 0 Å². The predicted molar refractivity (Wildman–Crippen MR) is 66.4 cm³/mol. The molecule has 1 aromatic heterocycles. The molecule has 0 saturated carbocycles. The minimum atomic E-state index is 0.581. The van der Waals surface area contributed by atoms with Crippen LogP contribution in [0.2, 0.25) is 0 Å². The van der Waals surface area contributed by atoms with Crippen molar-refractivity contribution in [2.24, 2.45) is 9.98 Å². The molecule has 2 nitrogen and oxygen atoms in total. The van der Waals surface area contributed by atoms with Gasteiger partial charge in [0, 0.05) is 15.3 Å². The first-order valence-corrected chi connectivity index (χ1v) is 6.13. The summed E-state index contributed by atoms with van der Waals surface area (Å²) >= 11 is 1.81. The minimum Gasteiger partial charge on any atom is -0.259 e. The molecule has 3 heteroatoms. The van der Waals surface area contributed by atoms with E-state index in [4.69, 9.17) is 0 Å². The van der Waals surface area contributed by atoms with Crippen molar-refractivity contribution in [2.45, 2.75) is 13.8 Å². The Morgan fingerprint density at radius 2 is 1.81 bits per heavy atom. The number of hydrogen-bond acceptors (Lipinski definition) is 3. The highest BCUT2D eigenvalue weighted by atomic mass is 32.1. The Labute approximate surface area is 98.0 Å². The largest absolute Gasteiger partial charge is 0.259 e. The summed E-state index contributed by atoms with van der Waals surface area (Å²) in [6.45, 7) is 4.80. The van der Waals surface area contributed by atoms with Crippen molar-refractivity contribution in [3.05, 3.63) is 45.4 Å². The van der Waals surface area contributed by atoms with Gasteiger partial charge in [-0.05, 0) is 31.5 Å². The lowest BCUT2D eigenvalue weighted by Gasteiger charge is -1.98. The van der Waals surface area contributed by atoms with Gasteiger partial charge in [0.25, 0.3) is 0 Å². The SMILES string of the molecule is Cc1ccc(-c2ccc(C)c3c2=NCN=3)s1. The molecule has 0 aliphatic carbocycles. The molecule has 0 atom stereocenters. The van der Waals surface area contributed by atoms with Gasteiger partial charge in [-0.1, -0.05) is 12.1 Å². The Balaban J connectivity index is 2.33. The van der Waals surface area contributed by atoms with Gasteiger partial charge in [0.15, 0.2) is 0 Å². The smallest absolute Gasteiger partial charge is 0.130 e. The van der Waals surface area contributed by atoms with Crippen molar-refractivity contribution in [2.75, 3.05) is 6.67 Å². The summed E-state index contributed by atoms with van der Waals surface area (Å²) in [4.78, 5) is 11.5. The summed E-state index contributed by atoms with van der Waals surface area (Å²) in [6, 6.07) is 8.61. The normalized spacial score (nSPS) is 13.1. The highest BCUT2D eigenvalue weighted by Crippen LogP contribution is 2.24. The third-order valence-electron chi connectivity index (χ3n) is 2.82. The zero-order valence-corrected chi connectivity index (χ0v) is 10.1. The second-order valence-corrected chi connectivity index (χ2v) is 5.28. The van der Waals surface area contributed by atoms with Gasteiger partial charge in [-0.15, -0.1) is 11.3 Å². The Kier molecular flexibility index (Phi) is 2.14. The zero-order valence-electron chi connectivity index (χ0n) is 9.32. The molecule has 0 fully saturated rings. The minimum absolute atomic E-state index is 0.581. The van der Waals surface area contributed by atoms with Crippen molar-refractivity contribution >= 4 is 11.3 Å². The fourth-order valence-electron chi connectivity index (χ4n) is 2.00. The van der Waals surface area contributed by atoms with E-state index in [0.717, 1.165) is 10.7 Å². The predicted octanol–water partition coefficient (Wildman–Crippen LogP) is 2.24. The summed E-state index contributed by atoms with van der Waals surface area (Å²) in [5.41, 5.74) is 2.44. The summed E-state index contributed by atoms with van der Waals surface area (Å²) in [7, 11) is 0. The number of rotatable bonds is 1. The van der Waals surface area contributed by atoms with Crippen LogP contribution in [0.15, 0.2) is 34.3 Å². The number of aryl methyl sites for hydroxylation is 2. The fourth-order valence-corrected chi connectivity index (χ4v) is 2.89. The second kappa shape index (κ2) is 3.52. The molecule has 1 aromatic carbocycles. The molecule has 3 rings (SSSR count). The third-order valence-corrected chi connectivity index (χ3v) is 3.85. The fraction of sp³-hybridized carbons (Fsp3) is 0.231.